The summed E-state index contributed by atoms with van der Waals surface area (Å²) in [7, 11) is 0. The second-order valence-corrected chi connectivity index (χ2v) is 6.06. The van der Waals surface area contributed by atoms with E-state index >= 15 is 0 Å². The van der Waals surface area contributed by atoms with Gasteiger partial charge in [-0.25, -0.2) is 0 Å². The van der Waals surface area contributed by atoms with Crippen LogP contribution >= 0.6 is 11.6 Å². The molecule has 0 saturated carbocycles. The Morgan fingerprint density at radius 1 is 1.04 bits per heavy atom. The van der Waals surface area contributed by atoms with Crippen molar-refractivity contribution in [3.8, 4) is 5.69 Å². The van der Waals surface area contributed by atoms with Crippen LogP contribution in [0.4, 0.5) is 0 Å². The molecular formula is C18H15ClN4. The quantitative estimate of drug-likeness (QED) is 0.682. The predicted octanol–water partition coefficient (Wildman–Crippen LogP) is 3.89. The lowest BCUT2D eigenvalue weighted by atomic mass is 9.99. The van der Waals surface area contributed by atoms with Gasteiger partial charge in [-0.3, -0.25) is 9.56 Å². The normalized spacial score (nSPS) is 13.1. The first-order valence-electron chi connectivity index (χ1n) is 7.47. The van der Waals surface area contributed by atoms with Gasteiger partial charge in [-0.1, -0.05) is 41.9 Å². The van der Waals surface area contributed by atoms with Crippen molar-refractivity contribution in [2.45, 2.75) is 20.4 Å². The van der Waals surface area contributed by atoms with Crippen LogP contribution in [0, 0.1) is 13.8 Å². The van der Waals surface area contributed by atoms with Gasteiger partial charge in [-0.15, -0.1) is 10.2 Å². The molecule has 1 aromatic heterocycles. The van der Waals surface area contributed by atoms with E-state index in [-0.39, 0.29) is 0 Å². The van der Waals surface area contributed by atoms with Crippen LogP contribution in [0.15, 0.2) is 47.5 Å². The fraction of sp³-hybridized carbons (Fsp3) is 0.167. The zero-order valence-electron chi connectivity index (χ0n) is 12.9. The second kappa shape index (κ2) is 5.32. The Morgan fingerprint density at radius 3 is 2.61 bits per heavy atom. The van der Waals surface area contributed by atoms with Crippen molar-refractivity contribution in [2.24, 2.45) is 4.99 Å². The number of fused-ring (bicyclic) bond motifs is 3. The van der Waals surface area contributed by atoms with Crippen LogP contribution < -0.4 is 0 Å². The third-order valence-electron chi connectivity index (χ3n) is 4.09. The molecule has 5 heteroatoms. The van der Waals surface area contributed by atoms with E-state index in [0.717, 1.165) is 44.8 Å². The third-order valence-corrected chi connectivity index (χ3v) is 4.50. The average Bonchev–Trinajstić information content (AvgIpc) is 2.84. The first-order chi connectivity index (χ1) is 11.1. The molecule has 0 saturated heterocycles. The molecule has 0 bridgehead atoms. The smallest absolute Gasteiger partial charge is 0.159 e. The van der Waals surface area contributed by atoms with Crippen LogP contribution in [0.5, 0.6) is 0 Å². The molecule has 4 nitrogen and oxygen atoms in total. The molecule has 0 aliphatic carbocycles. The summed E-state index contributed by atoms with van der Waals surface area (Å²) >= 11 is 6.40. The Kier molecular flexibility index (Phi) is 3.27. The van der Waals surface area contributed by atoms with Crippen molar-refractivity contribution >= 4 is 17.3 Å². The lowest BCUT2D eigenvalue weighted by Gasteiger charge is -2.14. The van der Waals surface area contributed by atoms with Crippen molar-refractivity contribution in [2.75, 3.05) is 0 Å². The first kappa shape index (κ1) is 14.2. The molecule has 0 unspecified atom stereocenters. The highest BCUT2D eigenvalue weighted by molar-refractivity contribution is 6.32. The van der Waals surface area contributed by atoms with Gasteiger partial charge in [0.1, 0.15) is 12.4 Å². The van der Waals surface area contributed by atoms with E-state index in [1.54, 1.807) is 0 Å². The van der Waals surface area contributed by atoms with Crippen molar-refractivity contribution in [3.05, 3.63) is 75.8 Å². The van der Waals surface area contributed by atoms with Crippen LogP contribution in [0.2, 0.25) is 5.02 Å². The molecule has 2 aromatic carbocycles. The molecular weight excluding hydrogens is 308 g/mol. The van der Waals surface area contributed by atoms with Crippen molar-refractivity contribution in [1.82, 2.24) is 14.8 Å². The van der Waals surface area contributed by atoms with E-state index in [0.29, 0.717) is 6.54 Å². The maximum Gasteiger partial charge on any atom is 0.159 e. The van der Waals surface area contributed by atoms with Crippen molar-refractivity contribution in [3.63, 3.8) is 0 Å². The summed E-state index contributed by atoms with van der Waals surface area (Å²) in [6, 6.07) is 14.2. The molecule has 1 aliphatic rings. The zero-order chi connectivity index (χ0) is 16.0. The SMILES string of the molecule is Cc1cc2c(cc1Cl)C(c1ccccc1)=NCc1nnc(C)n1-2. The molecule has 0 N–H and O–H groups in total. The number of nitrogens with zero attached hydrogens (tertiary/aromatic N) is 4. The monoisotopic (exact) mass is 322 g/mol. The predicted molar refractivity (Wildman–Crippen MR) is 91.6 cm³/mol. The zero-order valence-corrected chi connectivity index (χ0v) is 13.7. The Labute approximate surface area is 139 Å². The molecule has 23 heavy (non-hydrogen) atoms. The van der Waals surface area contributed by atoms with Gasteiger partial charge < -0.3 is 0 Å². The summed E-state index contributed by atoms with van der Waals surface area (Å²) in [5, 5.41) is 9.21. The molecule has 0 atom stereocenters. The van der Waals surface area contributed by atoms with E-state index in [2.05, 4.69) is 33.0 Å². The number of rotatable bonds is 1. The van der Waals surface area contributed by atoms with E-state index in [1.165, 1.54) is 0 Å². The maximum absolute atomic E-state index is 6.40. The van der Waals surface area contributed by atoms with Crippen molar-refractivity contribution in [1.29, 1.82) is 0 Å². The Balaban J connectivity index is 2.04. The summed E-state index contributed by atoms with van der Waals surface area (Å²) < 4.78 is 2.07. The average molecular weight is 323 g/mol. The van der Waals surface area contributed by atoms with E-state index in [4.69, 9.17) is 16.6 Å². The fourth-order valence-electron chi connectivity index (χ4n) is 2.94. The van der Waals surface area contributed by atoms with Crippen LogP contribution in [-0.4, -0.2) is 20.5 Å². The molecule has 114 valence electrons. The van der Waals surface area contributed by atoms with Crippen molar-refractivity contribution < 1.29 is 0 Å². The lowest BCUT2D eigenvalue weighted by Crippen LogP contribution is -2.09. The number of halogens is 1. The summed E-state index contributed by atoms with van der Waals surface area (Å²) in [4.78, 5) is 4.79. The van der Waals surface area contributed by atoms with Crippen LogP contribution in [0.1, 0.15) is 28.3 Å². The molecule has 0 radical (unpaired) electrons. The Morgan fingerprint density at radius 2 is 1.83 bits per heavy atom. The van der Waals surface area contributed by atoms with E-state index < -0.39 is 0 Å². The van der Waals surface area contributed by atoms with Crippen LogP contribution in [0.3, 0.4) is 0 Å². The first-order valence-corrected chi connectivity index (χ1v) is 7.84. The topological polar surface area (TPSA) is 43.1 Å². The number of aromatic nitrogens is 3. The van der Waals surface area contributed by atoms with E-state index in [9.17, 15) is 0 Å². The minimum atomic E-state index is 0.496. The largest absolute Gasteiger partial charge is 0.281 e. The van der Waals surface area contributed by atoms with Gasteiger partial charge in [0.2, 0.25) is 0 Å². The number of aryl methyl sites for hydroxylation is 2. The van der Waals surface area contributed by atoms with E-state index in [1.807, 2.05) is 38.1 Å². The highest BCUT2D eigenvalue weighted by atomic mass is 35.5. The summed E-state index contributed by atoms with van der Waals surface area (Å²) in [5.41, 5.74) is 5.08. The van der Waals surface area contributed by atoms with Gasteiger partial charge in [0.05, 0.1) is 11.4 Å². The summed E-state index contributed by atoms with van der Waals surface area (Å²) in [6.07, 6.45) is 0. The molecule has 3 aromatic rings. The van der Waals surface area contributed by atoms with Crippen LogP contribution in [0.25, 0.3) is 5.69 Å². The lowest BCUT2D eigenvalue weighted by molar-refractivity contribution is 0.861. The molecule has 4 rings (SSSR count). The number of benzene rings is 2. The highest BCUT2D eigenvalue weighted by Crippen LogP contribution is 2.30. The van der Waals surface area contributed by atoms with Gasteiger partial charge in [-0.05, 0) is 31.5 Å². The summed E-state index contributed by atoms with van der Waals surface area (Å²) in [6.45, 7) is 4.46. The standard InChI is InChI=1S/C18H15ClN4/c1-11-8-16-14(9-15(11)19)18(13-6-4-3-5-7-13)20-10-17-22-21-12(2)23(16)17/h3-9H,10H2,1-2H3. The third kappa shape index (κ3) is 2.26. The Hall–Kier alpha value is -2.46. The molecule has 0 amide bonds. The minimum Gasteiger partial charge on any atom is -0.281 e. The number of aliphatic imine (C=N–C) groups is 1. The van der Waals surface area contributed by atoms with Gasteiger partial charge in [0, 0.05) is 16.1 Å². The minimum absolute atomic E-state index is 0.496. The fourth-order valence-corrected chi connectivity index (χ4v) is 3.10. The molecule has 0 fully saturated rings. The second-order valence-electron chi connectivity index (χ2n) is 5.65. The van der Waals surface area contributed by atoms with Gasteiger partial charge in [0.15, 0.2) is 5.82 Å². The molecule has 0 spiro atoms. The number of hydrogen-bond donors (Lipinski definition) is 0. The maximum atomic E-state index is 6.40. The summed E-state index contributed by atoms with van der Waals surface area (Å²) in [5.74, 6) is 1.70. The van der Waals surface area contributed by atoms with Gasteiger partial charge >= 0.3 is 0 Å². The highest BCUT2D eigenvalue weighted by Gasteiger charge is 2.22. The van der Waals surface area contributed by atoms with Gasteiger partial charge in [0.25, 0.3) is 0 Å². The number of hydrogen-bond acceptors (Lipinski definition) is 3. The molecule has 1 aliphatic heterocycles. The Bertz CT molecular complexity index is 926. The van der Waals surface area contributed by atoms with Gasteiger partial charge in [-0.2, -0.15) is 0 Å². The van der Waals surface area contributed by atoms with Crippen LogP contribution in [-0.2, 0) is 6.54 Å². The molecule has 2 heterocycles.